The van der Waals surface area contributed by atoms with Crippen molar-refractivity contribution in [3.8, 4) is 11.8 Å². The minimum Gasteiger partial charge on any atom is -0.0771 e. The van der Waals surface area contributed by atoms with Crippen LogP contribution in [-0.4, -0.2) is 8.07 Å². The summed E-state index contributed by atoms with van der Waals surface area (Å²) in [6.07, 6.45) is 8.89. The second-order valence-corrected chi connectivity index (χ2v) is 11.4. The lowest BCUT2D eigenvalue weighted by Crippen LogP contribution is -2.23. The maximum atomic E-state index is 3.44. The van der Waals surface area contributed by atoms with Crippen LogP contribution in [0.1, 0.15) is 44.6 Å². The third-order valence-corrected chi connectivity index (χ3v) is 5.27. The lowest BCUT2D eigenvalue weighted by Gasteiger charge is -2.16. The van der Waals surface area contributed by atoms with Crippen LogP contribution in [0.5, 0.6) is 0 Å². The highest BCUT2D eigenvalue weighted by atomic mass is 28.3. The molecular weight excluding hydrogens is 256 g/mol. The van der Waals surface area contributed by atoms with Crippen molar-refractivity contribution in [2.45, 2.75) is 58.7 Å². The highest BCUT2D eigenvalue weighted by molar-refractivity contribution is 6.84. The van der Waals surface area contributed by atoms with E-state index in [2.05, 4.69) is 56.6 Å². The molecule has 0 radical (unpaired) electrons. The van der Waals surface area contributed by atoms with Gasteiger partial charge in [-0.15, -0.1) is 0 Å². The van der Waals surface area contributed by atoms with Crippen LogP contribution < -0.4 is 0 Å². The normalized spacial score (nSPS) is 11.9. The quantitative estimate of drug-likeness (QED) is 0.351. The van der Waals surface area contributed by atoms with Crippen LogP contribution in [0.25, 0.3) is 0 Å². The molecule has 0 saturated carbocycles. The van der Waals surface area contributed by atoms with Crippen LogP contribution in [0, 0.1) is 11.8 Å². The predicted octanol–water partition coefficient (Wildman–Crippen LogP) is 5.81. The summed E-state index contributed by atoms with van der Waals surface area (Å²) in [5, 5.41) is 1.40. The van der Waals surface area contributed by atoms with Gasteiger partial charge in [0.05, 0.1) is 8.07 Å². The molecule has 0 heterocycles. The summed E-state index contributed by atoms with van der Waals surface area (Å²) in [7, 11) is -1.32. The molecule has 0 aliphatic carbocycles. The third-order valence-electron chi connectivity index (χ3n) is 3.33. The Labute approximate surface area is 126 Å². The molecule has 0 atom stereocenters. The van der Waals surface area contributed by atoms with Gasteiger partial charge >= 0.3 is 0 Å². The second kappa shape index (κ2) is 8.82. The molecule has 0 unspecified atom stereocenters. The summed E-state index contributed by atoms with van der Waals surface area (Å²) >= 11 is 0. The molecule has 0 amide bonds. The minimum atomic E-state index is -1.32. The lowest BCUT2D eigenvalue weighted by molar-refractivity contribution is 0.674. The van der Waals surface area contributed by atoms with Gasteiger partial charge in [0.2, 0.25) is 0 Å². The molecule has 0 spiro atoms. The zero-order chi connectivity index (χ0) is 14.8. The van der Waals surface area contributed by atoms with E-state index in [9.17, 15) is 0 Å². The highest BCUT2D eigenvalue weighted by Crippen LogP contribution is 2.16. The summed E-state index contributed by atoms with van der Waals surface area (Å²) in [6, 6.07) is 10.3. The van der Waals surface area contributed by atoms with Crippen molar-refractivity contribution in [1.82, 2.24) is 0 Å². The SMILES string of the molecule is CCCCCC/C=C(/C#Cc1ccccc1)[Si](C)(C)C. The van der Waals surface area contributed by atoms with E-state index < -0.39 is 8.07 Å². The molecule has 0 saturated heterocycles. The molecule has 1 aromatic carbocycles. The largest absolute Gasteiger partial charge is 0.0880 e. The van der Waals surface area contributed by atoms with Gasteiger partial charge in [-0.2, -0.15) is 0 Å². The van der Waals surface area contributed by atoms with Crippen LogP contribution in [0.2, 0.25) is 19.6 Å². The van der Waals surface area contributed by atoms with E-state index in [4.69, 9.17) is 0 Å². The lowest BCUT2D eigenvalue weighted by atomic mass is 10.1. The van der Waals surface area contributed by atoms with E-state index in [1.165, 1.54) is 37.3 Å². The van der Waals surface area contributed by atoms with Gasteiger partial charge in [0.1, 0.15) is 0 Å². The van der Waals surface area contributed by atoms with E-state index >= 15 is 0 Å². The van der Waals surface area contributed by atoms with Crippen molar-refractivity contribution in [2.75, 3.05) is 0 Å². The van der Waals surface area contributed by atoms with Gasteiger partial charge in [-0.1, -0.05) is 81.9 Å². The Bertz CT molecular complexity index is 466. The third kappa shape index (κ3) is 6.77. The monoisotopic (exact) mass is 284 g/mol. The molecule has 0 aromatic heterocycles. The minimum absolute atomic E-state index is 1.11. The molecule has 1 rings (SSSR count). The first-order chi connectivity index (χ1) is 9.54. The van der Waals surface area contributed by atoms with Gasteiger partial charge in [0.15, 0.2) is 0 Å². The zero-order valence-electron chi connectivity index (χ0n) is 13.5. The van der Waals surface area contributed by atoms with Crippen LogP contribution >= 0.6 is 0 Å². The molecule has 1 aromatic rings. The smallest absolute Gasteiger partial charge is 0.0771 e. The predicted molar refractivity (Wildman–Crippen MR) is 93.5 cm³/mol. The standard InChI is InChI=1S/C19H28Si/c1-5-6-7-8-12-15-19(20(2,3)4)17-16-18-13-10-9-11-14-18/h9-11,13-15H,5-8,12H2,1-4H3/b19-15-. The summed E-state index contributed by atoms with van der Waals surface area (Å²) < 4.78 is 0. The molecule has 108 valence electrons. The molecule has 0 aliphatic heterocycles. The average Bonchev–Trinajstić information content (AvgIpc) is 2.41. The molecule has 0 bridgehead atoms. The van der Waals surface area contributed by atoms with E-state index in [-0.39, 0.29) is 0 Å². The van der Waals surface area contributed by atoms with Gasteiger partial charge < -0.3 is 0 Å². The average molecular weight is 285 g/mol. The van der Waals surface area contributed by atoms with Gasteiger partial charge in [-0.05, 0) is 30.2 Å². The maximum absolute atomic E-state index is 3.44. The fourth-order valence-electron chi connectivity index (χ4n) is 2.02. The van der Waals surface area contributed by atoms with E-state index in [0.29, 0.717) is 0 Å². The Morgan fingerprint density at radius 1 is 1.05 bits per heavy atom. The van der Waals surface area contributed by atoms with Gasteiger partial charge in [-0.25, -0.2) is 0 Å². The Morgan fingerprint density at radius 3 is 2.35 bits per heavy atom. The molecule has 0 fully saturated rings. The summed E-state index contributed by atoms with van der Waals surface area (Å²) in [4.78, 5) is 0. The molecule has 0 nitrogen and oxygen atoms in total. The Kier molecular flexibility index (Phi) is 7.40. The first-order valence-electron chi connectivity index (χ1n) is 7.81. The molecule has 1 heteroatoms. The van der Waals surface area contributed by atoms with E-state index in [0.717, 1.165) is 5.56 Å². The summed E-state index contributed by atoms with van der Waals surface area (Å²) in [5.41, 5.74) is 1.11. The van der Waals surface area contributed by atoms with Gasteiger partial charge in [-0.3, -0.25) is 0 Å². The summed E-state index contributed by atoms with van der Waals surface area (Å²) in [6.45, 7) is 9.40. The number of hydrogen-bond acceptors (Lipinski definition) is 0. The molecular formula is C19H28Si. The van der Waals surface area contributed by atoms with E-state index in [1.807, 2.05) is 18.2 Å². The summed E-state index contributed by atoms with van der Waals surface area (Å²) in [5.74, 6) is 6.76. The van der Waals surface area contributed by atoms with Crippen LogP contribution in [0.4, 0.5) is 0 Å². The maximum Gasteiger partial charge on any atom is 0.0880 e. The number of unbranched alkanes of at least 4 members (excludes halogenated alkanes) is 4. The molecule has 0 aliphatic rings. The van der Waals surface area contributed by atoms with Crippen molar-refractivity contribution in [1.29, 1.82) is 0 Å². The Morgan fingerprint density at radius 2 is 1.75 bits per heavy atom. The first kappa shape index (κ1) is 16.8. The first-order valence-corrected chi connectivity index (χ1v) is 11.3. The topological polar surface area (TPSA) is 0 Å². The Balaban J connectivity index is 2.71. The van der Waals surface area contributed by atoms with Gasteiger partial charge in [0.25, 0.3) is 0 Å². The van der Waals surface area contributed by atoms with Crippen molar-refractivity contribution in [3.05, 3.63) is 47.2 Å². The zero-order valence-corrected chi connectivity index (χ0v) is 14.5. The number of hydrogen-bond donors (Lipinski definition) is 0. The number of benzene rings is 1. The molecule has 20 heavy (non-hydrogen) atoms. The molecule has 0 N–H and O–H groups in total. The fraction of sp³-hybridized carbons (Fsp3) is 0.474. The van der Waals surface area contributed by atoms with Crippen molar-refractivity contribution < 1.29 is 0 Å². The number of rotatable bonds is 6. The highest BCUT2D eigenvalue weighted by Gasteiger charge is 2.17. The Hall–Kier alpha value is -1.26. The fourth-order valence-corrected chi connectivity index (χ4v) is 3.22. The van der Waals surface area contributed by atoms with Crippen LogP contribution in [0.3, 0.4) is 0 Å². The van der Waals surface area contributed by atoms with Crippen molar-refractivity contribution >= 4 is 8.07 Å². The van der Waals surface area contributed by atoms with Crippen LogP contribution in [-0.2, 0) is 0 Å². The number of allylic oxidation sites excluding steroid dienone is 2. The second-order valence-electron chi connectivity index (χ2n) is 6.33. The van der Waals surface area contributed by atoms with Crippen molar-refractivity contribution in [2.24, 2.45) is 0 Å². The van der Waals surface area contributed by atoms with Crippen molar-refractivity contribution in [3.63, 3.8) is 0 Å². The van der Waals surface area contributed by atoms with E-state index in [1.54, 1.807) is 0 Å². The van der Waals surface area contributed by atoms with Crippen LogP contribution in [0.15, 0.2) is 41.6 Å². The van der Waals surface area contributed by atoms with Gasteiger partial charge in [0, 0.05) is 5.56 Å².